The van der Waals surface area contributed by atoms with Crippen molar-refractivity contribution in [2.75, 3.05) is 7.05 Å². The van der Waals surface area contributed by atoms with Crippen molar-refractivity contribution in [2.45, 2.75) is 57.7 Å². The Bertz CT molecular complexity index is 1100. The van der Waals surface area contributed by atoms with Crippen LogP contribution in [-0.4, -0.2) is 40.5 Å². The second-order valence-electron chi connectivity index (χ2n) is 9.29. The van der Waals surface area contributed by atoms with Crippen molar-refractivity contribution in [3.05, 3.63) is 59.2 Å². The Hall–Kier alpha value is -2.59. The van der Waals surface area contributed by atoms with E-state index in [4.69, 9.17) is 0 Å². The molecule has 3 aromatic rings. The van der Waals surface area contributed by atoms with Gasteiger partial charge < -0.3 is 14.8 Å². The topological polar surface area (TPSA) is 37.3 Å². The fourth-order valence-corrected chi connectivity index (χ4v) is 5.65. The maximum absolute atomic E-state index is 13.7. The lowest BCUT2D eigenvalue weighted by atomic mass is 9.96. The molecule has 2 bridgehead atoms. The largest absolute Gasteiger partial charge is 0.349 e. The van der Waals surface area contributed by atoms with E-state index >= 15 is 0 Å². The molecule has 0 aliphatic carbocycles. The summed E-state index contributed by atoms with van der Waals surface area (Å²) in [4.78, 5) is 16.2. The van der Waals surface area contributed by atoms with Crippen LogP contribution in [0, 0.1) is 13.8 Å². The summed E-state index contributed by atoms with van der Waals surface area (Å²) in [6.45, 7) is 4.26. The van der Waals surface area contributed by atoms with E-state index in [0.717, 1.165) is 40.6 Å². The van der Waals surface area contributed by atoms with Gasteiger partial charge in [0.1, 0.15) is 0 Å². The second-order valence-corrected chi connectivity index (χ2v) is 9.29. The molecule has 1 aromatic heterocycles. The molecular formula is C26H31N3O. The molecule has 2 aliphatic rings. The predicted octanol–water partition coefficient (Wildman–Crippen LogP) is 4.82. The number of aromatic nitrogens is 1. The third-order valence-corrected chi connectivity index (χ3v) is 7.52. The summed E-state index contributed by atoms with van der Waals surface area (Å²) < 4.78 is 2.18. The quantitative estimate of drug-likeness (QED) is 0.683. The first-order valence-electron chi connectivity index (χ1n) is 11.1. The van der Waals surface area contributed by atoms with Crippen LogP contribution in [-0.2, 0) is 7.05 Å². The van der Waals surface area contributed by atoms with Crippen LogP contribution in [0.2, 0.25) is 0 Å². The number of carbonyl (C=O) groups excluding carboxylic acids is 1. The van der Waals surface area contributed by atoms with Crippen LogP contribution in [0.5, 0.6) is 0 Å². The van der Waals surface area contributed by atoms with Gasteiger partial charge >= 0.3 is 0 Å². The van der Waals surface area contributed by atoms with Gasteiger partial charge in [-0.25, -0.2) is 0 Å². The third-order valence-electron chi connectivity index (χ3n) is 7.52. The third kappa shape index (κ3) is 3.05. The number of fused-ring (bicyclic) bond motifs is 3. The zero-order chi connectivity index (χ0) is 21.0. The lowest BCUT2D eigenvalue weighted by Crippen LogP contribution is -2.48. The first kappa shape index (κ1) is 19.4. The van der Waals surface area contributed by atoms with Crippen molar-refractivity contribution < 1.29 is 4.79 Å². The Kier molecular flexibility index (Phi) is 4.70. The molecule has 2 aliphatic heterocycles. The standard InChI is InChI=1S/C26H31N3O/c1-16-12-22-23(13-17(16)2)29(4)25(18-8-6-5-7-9-18)24(22)26(30)27-19-14-20-10-11-21(15-19)28(20)3/h5-9,12-13,19-21H,10-11,14-15H2,1-4H3,(H,27,30)/t19?,20-,21+. The molecule has 4 heteroatoms. The van der Waals surface area contributed by atoms with Gasteiger partial charge in [-0.15, -0.1) is 0 Å². The highest BCUT2D eigenvalue weighted by Gasteiger charge is 2.39. The molecule has 30 heavy (non-hydrogen) atoms. The summed E-state index contributed by atoms with van der Waals surface area (Å²) in [6.07, 6.45) is 4.63. The summed E-state index contributed by atoms with van der Waals surface area (Å²) in [5.74, 6) is 0.0664. The number of hydrogen-bond acceptors (Lipinski definition) is 2. The average Bonchev–Trinajstić information content (AvgIpc) is 3.10. The molecule has 4 nitrogen and oxygen atoms in total. The van der Waals surface area contributed by atoms with Crippen molar-refractivity contribution in [1.29, 1.82) is 0 Å². The van der Waals surface area contributed by atoms with Crippen molar-refractivity contribution >= 4 is 16.8 Å². The molecule has 1 unspecified atom stereocenters. The van der Waals surface area contributed by atoms with Crippen LogP contribution >= 0.6 is 0 Å². The van der Waals surface area contributed by atoms with Gasteiger partial charge in [-0.3, -0.25) is 4.79 Å². The summed E-state index contributed by atoms with van der Waals surface area (Å²) in [7, 11) is 4.32. The highest BCUT2D eigenvalue weighted by atomic mass is 16.1. The molecule has 156 valence electrons. The molecule has 1 N–H and O–H groups in total. The van der Waals surface area contributed by atoms with Gasteiger partial charge in [0.05, 0.1) is 11.3 Å². The summed E-state index contributed by atoms with van der Waals surface area (Å²) in [5, 5.41) is 4.48. The van der Waals surface area contributed by atoms with E-state index in [1.54, 1.807) is 0 Å². The maximum atomic E-state index is 13.7. The molecule has 5 rings (SSSR count). The molecule has 0 spiro atoms. The number of aryl methyl sites for hydroxylation is 3. The van der Waals surface area contributed by atoms with Gasteiger partial charge in [-0.1, -0.05) is 30.3 Å². The van der Waals surface area contributed by atoms with Crippen LogP contribution in [0.25, 0.3) is 22.2 Å². The van der Waals surface area contributed by atoms with Crippen molar-refractivity contribution in [3.63, 3.8) is 0 Å². The molecule has 0 radical (unpaired) electrons. The first-order valence-corrected chi connectivity index (χ1v) is 11.1. The summed E-state index contributed by atoms with van der Waals surface area (Å²) in [6, 6.07) is 16.2. The Labute approximate surface area is 178 Å². The van der Waals surface area contributed by atoms with Gasteiger partial charge in [0, 0.05) is 36.1 Å². The highest BCUT2D eigenvalue weighted by molar-refractivity contribution is 6.13. The Balaban J connectivity index is 1.58. The van der Waals surface area contributed by atoms with E-state index in [-0.39, 0.29) is 11.9 Å². The molecule has 3 heterocycles. The lowest BCUT2D eigenvalue weighted by molar-refractivity contribution is 0.0884. The number of benzene rings is 2. The fraction of sp³-hybridized carbons (Fsp3) is 0.423. The number of nitrogens with one attached hydrogen (secondary N) is 1. The van der Waals surface area contributed by atoms with Crippen molar-refractivity contribution in [3.8, 4) is 11.3 Å². The van der Waals surface area contributed by atoms with Crippen LogP contribution in [0.15, 0.2) is 42.5 Å². The number of hydrogen-bond donors (Lipinski definition) is 1. The predicted molar refractivity (Wildman–Crippen MR) is 123 cm³/mol. The summed E-state index contributed by atoms with van der Waals surface area (Å²) in [5.41, 5.74) is 6.49. The Morgan fingerprint density at radius 1 is 0.967 bits per heavy atom. The van der Waals surface area contributed by atoms with Crippen LogP contribution in [0.1, 0.15) is 47.2 Å². The van der Waals surface area contributed by atoms with E-state index in [0.29, 0.717) is 12.1 Å². The SMILES string of the molecule is Cc1cc2c(C(=O)NC3C[C@H]4CC[C@@H](C3)N4C)c(-c3ccccc3)n(C)c2cc1C. The number of amides is 1. The van der Waals surface area contributed by atoms with E-state index in [1.165, 1.54) is 24.0 Å². The number of piperidine rings is 1. The number of carbonyl (C=O) groups is 1. The van der Waals surface area contributed by atoms with Crippen LogP contribution in [0.3, 0.4) is 0 Å². The first-order chi connectivity index (χ1) is 14.4. The van der Waals surface area contributed by atoms with Gasteiger partial charge in [0.25, 0.3) is 5.91 Å². The van der Waals surface area contributed by atoms with E-state index in [9.17, 15) is 4.79 Å². The van der Waals surface area contributed by atoms with E-state index in [2.05, 4.69) is 67.0 Å². The minimum absolute atomic E-state index is 0.0664. The highest BCUT2D eigenvalue weighted by Crippen LogP contribution is 2.37. The summed E-state index contributed by atoms with van der Waals surface area (Å²) >= 11 is 0. The molecule has 3 atom stereocenters. The molecule has 0 saturated carbocycles. The van der Waals surface area contributed by atoms with Gasteiger partial charge in [0.2, 0.25) is 0 Å². The van der Waals surface area contributed by atoms with Crippen molar-refractivity contribution in [2.24, 2.45) is 7.05 Å². The van der Waals surface area contributed by atoms with Gasteiger partial charge in [-0.2, -0.15) is 0 Å². The van der Waals surface area contributed by atoms with Gasteiger partial charge in [0.15, 0.2) is 0 Å². The maximum Gasteiger partial charge on any atom is 0.254 e. The monoisotopic (exact) mass is 401 g/mol. The Morgan fingerprint density at radius 3 is 2.27 bits per heavy atom. The molecule has 1 amide bonds. The van der Waals surface area contributed by atoms with E-state index < -0.39 is 0 Å². The van der Waals surface area contributed by atoms with E-state index in [1.807, 2.05) is 18.2 Å². The zero-order valence-electron chi connectivity index (χ0n) is 18.4. The zero-order valence-corrected chi connectivity index (χ0v) is 18.4. The molecular weight excluding hydrogens is 370 g/mol. The molecule has 2 saturated heterocycles. The normalized spacial score (nSPS) is 23.8. The lowest BCUT2D eigenvalue weighted by Gasteiger charge is -2.36. The average molecular weight is 402 g/mol. The minimum Gasteiger partial charge on any atom is -0.349 e. The van der Waals surface area contributed by atoms with Crippen molar-refractivity contribution in [1.82, 2.24) is 14.8 Å². The number of rotatable bonds is 3. The second kappa shape index (κ2) is 7.28. The van der Waals surface area contributed by atoms with Crippen LogP contribution in [0.4, 0.5) is 0 Å². The van der Waals surface area contributed by atoms with Gasteiger partial charge in [-0.05, 0) is 75.4 Å². The Morgan fingerprint density at radius 2 is 1.60 bits per heavy atom. The minimum atomic E-state index is 0.0664. The van der Waals surface area contributed by atoms with Crippen LogP contribution < -0.4 is 5.32 Å². The fourth-order valence-electron chi connectivity index (χ4n) is 5.65. The molecule has 2 fully saturated rings. The molecule has 2 aromatic carbocycles. The smallest absolute Gasteiger partial charge is 0.254 e. The number of nitrogens with zero attached hydrogens (tertiary/aromatic N) is 2.